The van der Waals surface area contributed by atoms with E-state index >= 15 is 0 Å². The SMILES string of the molecule is CCC(C)(C)COc1ccc2cc(C3(c4ccc5cc(O)ccc5c4)c4ccccc4-c4ccccc43)ccc2c1. The molecule has 1 aliphatic carbocycles. The smallest absolute Gasteiger partial charge is 0.119 e. The first-order chi connectivity index (χ1) is 19.9. The largest absolute Gasteiger partial charge is 0.508 e. The van der Waals surface area contributed by atoms with E-state index in [1.807, 2.05) is 12.1 Å². The van der Waals surface area contributed by atoms with Gasteiger partial charge in [0.25, 0.3) is 0 Å². The monoisotopic (exact) mass is 534 g/mol. The van der Waals surface area contributed by atoms with Crippen LogP contribution in [0.25, 0.3) is 32.7 Å². The number of rotatable bonds is 6. The van der Waals surface area contributed by atoms with Gasteiger partial charge in [-0.3, -0.25) is 0 Å². The van der Waals surface area contributed by atoms with Gasteiger partial charge in [0, 0.05) is 0 Å². The van der Waals surface area contributed by atoms with Crippen LogP contribution in [0.5, 0.6) is 11.5 Å². The molecule has 7 rings (SSSR count). The van der Waals surface area contributed by atoms with Crippen molar-refractivity contribution in [1.29, 1.82) is 0 Å². The molecule has 1 aliphatic rings. The van der Waals surface area contributed by atoms with Gasteiger partial charge in [-0.05, 0) is 103 Å². The Morgan fingerprint density at radius 1 is 0.610 bits per heavy atom. The first-order valence-electron chi connectivity index (χ1n) is 14.5. The van der Waals surface area contributed by atoms with Crippen LogP contribution in [0.3, 0.4) is 0 Å². The molecule has 0 radical (unpaired) electrons. The van der Waals surface area contributed by atoms with Crippen molar-refractivity contribution in [3.05, 3.63) is 144 Å². The molecule has 41 heavy (non-hydrogen) atoms. The van der Waals surface area contributed by atoms with E-state index in [1.165, 1.54) is 44.2 Å². The van der Waals surface area contributed by atoms with Crippen LogP contribution in [0.1, 0.15) is 49.4 Å². The molecule has 0 atom stereocenters. The predicted molar refractivity (Wildman–Crippen MR) is 170 cm³/mol. The summed E-state index contributed by atoms with van der Waals surface area (Å²) in [6, 6.07) is 43.3. The number of hydrogen-bond acceptors (Lipinski definition) is 2. The van der Waals surface area contributed by atoms with Crippen LogP contribution < -0.4 is 4.74 Å². The Morgan fingerprint density at radius 2 is 1.12 bits per heavy atom. The van der Waals surface area contributed by atoms with E-state index in [1.54, 1.807) is 6.07 Å². The quantitative estimate of drug-likeness (QED) is 0.230. The normalized spacial score (nSPS) is 13.7. The van der Waals surface area contributed by atoms with E-state index in [2.05, 4.69) is 124 Å². The Labute approximate surface area is 241 Å². The fourth-order valence-corrected chi connectivity index (χ4v) is 6.42. The highest BCUT2D eigenvalue weighted by molar-refractivity contribution is 5.92. The minimum absolute atomic E-state index is 0.146. The highest BCUT2D eigenvalue weighted by Crippen LogP contribution is 2.56. The number of phenols is 1. The fourth-order valence-electron chi connectivity index (χ4n) is 6.42. The van der Waals surface area contributed by atoms with E-state index in [0.717, 1.165) is 22.9 Å². The summed E-state index contributed by atoms with van der Waals surface area (Å²) >= 11 is 0. The number of aromatic hydroxyl groups is 1. The average molecular weight is 535 g/mol. The molecule has 0 unspecified atom stereocenters. The number of benzene rings is 6. The Bertz CT molecular complexity index is 1880. The zero-order valence-electron chi connectivity index (χ0n) is 23.8. The van der Waals surface area contributed by atoms with E-state index in [9.17, 15) is 5.11 Å². The molecular formula is C39H34O2. The summed E-state index contributed by atoms with van der Waals surface area (Å²) in [5.74, 6) is 1.20. The van der Waals surface area contributed by atoms with E-state index in [4.69, 9.17) is 4.74 Å². The average Bonchev–Trinajstić information content (AvgIpc) is 3.31. The third kappa shape index (κ3) is 4.09. The van der Waals surface area contributed by atoms with Crippen LogP contribution in [0.15, 0.2) is 121 Å². The van der Waals surface area contributed by atoms with Gasteiger partial charge in [-0.25, -0.2) is 0 Å². The summed E-state index contributed by atoms with van der Waals surface area (Å²) in [5, 5.41) is 14.6. The lowest BCUT2D eigenvalue weighted by molar-refractivity contribution is 0.175. The maximum atomic E-state index is 10.1. The second-order valence-corrected chi connectivity index (χ2v) is 12.1. The summed E-state index contributed by atoms with van der Waals surface area (Å²) in [6.45, 7) is 7.39. The van der Waals surface area contributed by atoms with Gasteiger partial charge < -0.3 is 9.84 Å². The molecule has 0 amide bonds. The molecule has 202 valence electrons. The molecule has 2 heteroatoms. The lowest BCUT2D eigenvalue weighted by atomic mass is 9.67. The van der Waals surface area contributed by atoms with E-state index in [-0.39, 0.29) is 11.2 Å². The van der Waals surface area contributed by atoms with Crippen molar-refractivity contribution in [2.24, 2.45) is 5.41 Å². The summed E-state index contributed by atoms with van der Waals surface area (Å²) in [4.78, 5) is 0. The van der Waals surface area contributed by atoms with Crippen molar-refractivity contribution in [2.75, 3.05) is 6.61 Å². The maximum Gasteiger partial charge on any atom is 0.119 e. The Morgan fingerprint density at radius 3 is 1.73 bits per heavy atom. The van der Waals surface area contributed by atoms with E-state index in [0.29, 0.717) is 6.61 Å². The molecule has 0 heterocycles. The molecule has 6 aromatic carbocycles. The van der Waals surface area contributed by atoms with Crippen molar-refractivity contribution < 1.29 is 9.84 Å². The van der Waals surface area contributed by atoms with Gasteiger partial charge in [-0.2, -0.15) is 0 Å². The molecule has 0 bridgehead atoms. The topological polar surface area (TPSA) is 29.5 Å². The van der Waals surface area contributed by atoms with Crippen LogP contribution in [-0.4, -0.2) is 11.7 Å². The second kappa shape index (κ2) is 9.52. The number of hydrogen-bond donors (Lipinski definition) is 1. The van der Waals surface area contributed by atoms with Crippen molar-refractivity contribution in [2.45, 2.75) is 32.6 Å². The zero-order valence-corrected chi connectivity index (χ0v) is 23.8. The summed E-state index contributed by atoms with van der Waals surface area (Å²) < 4.78 is 6.21. The van der Waals surface area contributed by atoms with Crippen LogP contribution in [0, 0.1) is 5.41 Å². The molecule has 0 saturated carbocycles. The van der Waals surface area contributed by atoms with Gasteiger partial charge in [-0.15, -0.1) is 0 Å². The first-order valence-corrected chi connectivity index (χ1v) is 14.5. The van der Waals surface area contributed by atoms with Crippen LogP contribution in [0.2, 0.25) is 0 Å². The summed E-state index contributed by atoms with van der Waals surface area (Å²) in [6.07, 6.45) is 1.07. The molecule has 2 nitrogen and oxygen atoms in total. The first kappa shape index (κ1) is 25.4. The van der Waals surface area contributed by atoms with Gasteiger partial charge in [0.2, 0.25) is 0 Å². The van der Waals surface area contributed by atoms with Crippen LogP contribution in [-0.2, 0) is 5.41 Å². The number of fused-ring (bicyclic) bond motifs is 5. The van der Waals surface area contributed by atoms with Gasteiger partial charge in [0.15, 0.2) is 0 Å². The maximum absolute atomic E-state index is 10.1. The molecule has 0 aliphatic heterocycles. The highest BCUT2D eigenvalue weighted by atomic mass is 16.5. The molecule has 0 saturated heterocycles. The minimum Gasteiger partial charge on any atom is -0.508 e. The molecular weight excluding hydrogens is 500 g/mol. The number of ether oxygens (including phenoxy) is 1. The van der Waals surface area contributed by atoms with Crippen molar-refractivity contribution in [1.82, 2.24) is 0 Å². The third-order valence-corrected chi connectivity index (χ3v) is 9.04. The van der Waals surface area contributed by atoms with Crippen molar-refractivity contribution in [3.63, 3.8) is 0 Å². The second-order valence-electron chi connectivity index (χ2n) is 12.1. The van der Waals surface area contributed by atoms with Gasteiger partial charge in [0.1, 0.15) is 11.5 Å². The zero-order chi connectivity index (χ0) is 28.2. The Balaban J connectivity index is 1.45. The molecule has 1 N–H and O–H groups in total. The van der Waals surface area contributed by atoms with Gasteiger partial charge >= 0.3 is 0 Å². The highest BCUT2D eigenvalue weighted by Gasteiger charge is 2.46. The van der Waals surface area contributed by atoms with Crippen molar-refractivity contribution in [3.8, 4) is 22.6 Å². The third-order valence-electron chi connectivity index (χ3n) is 9.04. The molecule has 0 spiro atoms. The fraction of sp³-hybridized carbons (Fsp3) is 0.179. The Kier molecular flexibility index (Phi) is 5.90. The minimum atomic E-state index is -0.478. The molecule has 6 aromatic rings. The molecule has 0 aromatic heterocycles. The van der Waals surface area contributed by atoms with Crippen LogP contribution >= 0.6 is 0 Å². The summed E-state index contributed by atoms with van der Waals surface area (Å²) in [5.41, 5.74) is 7.25. The Hall–Kier alpha value is -4.56. The molecule has 0 fully saturated rings. The van der Waals surface area contributed by atoms with Gasteiger partial charge in [-0.1, -0.05) is 106 Å². The van der Waals surface area contributed by atoms with Gasteiger partial charge in [0.05, 0.1) is 12.0 Å². The summed E-state index contributed by atoms with van der Waals surface area (Å²) in [7, 11) is 0. The number of phenolic OH excluding ortho intramolecular Hbond substituents is 1. The van der Waals surface area contributed by atoms with Crippen LogP contribution in [0.4, 0.5) is 0 Å². The lowest BCUT2D eigenvalue weighted by Crippen LogP contribution is -2.28. The lowest BCUT2D eigenvalue weighted by Gasteiger charge is -2.34. The predicted octanol–water partition coefficient (Wildman–Crippen LogP) is 9.88. The standard InChI is InChI=1S/C39H34O2/c1-4-38(2,3)25-41-33-20-16-27-22-31(18-14-29(27)24-33)39(30-17-13-28-23-32(40)19-15-26(28)21-30)36-11-7-5-9-34(36)35-10-6-8-12-37(35)39/h5-24,40H,4,25H2,1-3H3. The van der Waals surface area contributed by atoms with E-state index < -0.39 is 5.41 Å². The van der Waals surface area contributed by atoms with Crippen molar-refractivity contribution >= 4 is 21.5 Å².